The normalized spacial score (nSPS) is 16.6. The summed E-state index contributed by atoms with van der Waals surface area (Å²) < 4.78 is 1.22. The summed E-state index contributed by atoms with van der Waals surface area (Å²) in [6.45, 7) is 4.33. The van der Waals surface area contributed by atoms with Gasteiger partial charge in [0.2, 0.25) is 0 Å². The van der Waals surface area contributed by atoms with Gasteiger partial charge >= 0.3 is 0 Å². The first-order valence-electron chi connectivity index (χ1n) is 4.78. The van der Waals surface area contributed by atoms with Crippen LogP contribution in [0.15, 0.2) is 22.7 Å². The maximum atomic E-state index is 3.56. The minimum atomic E-state index is 0.843. The van der Waals surface area contributed by atoms with Gasteiger partial charge in [-0.15, -0.1) is 0 Å². The largest absolute Gasteiger partial charge is 0.0550 e. The van der Waals surface area contributed by atoms with Crippen molar-refractivity contribution < 1.29 is 0 Å². The van der Waals surface area contributed by atoms with E-state index in [1.165, 1.54) is 34.4 Å². The summed E-state index contributed by atoms with van der Waals surface area (Å²) in [5, 5.41) is 0. The number of hydrogen-bond donors (Lipinski definition) is 0. The predicted molar refractivity (Wildman–Crippen MR) is 59.8 cm³/mol. The van der Waals surface area contributed by atoms with Crippen LogP contribution < -0.4 is 0 Å². The molecule has 1 fully saturated rings. The van der Waals surface area contributed by atoms with Gasteiger partial charge in [-0.05, 0) is 47.9 Å². The summed E-state index contributed by atoms with van der Waals surface area (Å²) in [5.41, 5.74) is 2.88. The summed E-state index contributed by atoms with van der Waals surface area (Å²) >= 11 is 3.56. The van der Waals surface area contributed by atoms with E-state index in [1.54, 1.807) is 0 Å². The highest BCUT2D eigenvalue weighted by Crippen LogP contribution is 2.41. The van der Waals surface area contributed by atoms with Crippen LogP contribution in [0.4, 0.5) is 0 Å². The van der Waals surface area contributed by atoms with Crippen LogP contribution in [0.5, 0.6) is 0 Å². The van der Waals surface area contributed by atoms with Crippen molar-refractivity contribution in [3.05, 3.63) is 39.7 Å². The molecule has 0 aliphatic heterocycles. The Morgan fingerprint density at radius 2 is 1.92 bits per heavy atom. The van der Waals surface area contributed by atoms with Gasteiger partial charge in [0.1, 0.15) is 0 Å². The standard InChI is InChI=1S/C12H14Br/c1-8(2)10-5-11(9-3-4-9)7-12(13)6-10/h5-7,9H,3-4H2,1-2H3. The fraction of sp³-hybridized carbons (Fsp3) is 0.417. The molecule has 1 aromatic rings. The smallest absolute Gasteiger partial charge is 0.0181 e. The minimum Gasteiger partial charge on any atom is -0.0550 e. The first-order chi connectivity index (χ1) is 6.16. The fourth-order valence-electron chi connectivity index (χ4n) is 1.55. The van der Waals surface area contributed by atoms with Crippen molar-refractivity contribution in [1.82, 2.24) is 0 Å². The molecule has 0 unspecified atom stereocenters. The van der Waals surface area contributed by atoms with Gasteiger partial charge < -0.3 is 0 Å². The molecule has 0 saturated heterocycles. The minimum absolute atomic E-state index is 0.843. The molecule has 0 heterocycles. The zero-order chi connectivity index (χ0) is 9.42. The lowest BCUT2D eigenvalue weighted by atomic mass is 9.99. The monoisotopic (exact) mass is 237 g/mol. The van der Waals surface area contributed by atoms with Crippen molar-refractivity contribution in [3.63, 3.8) is 0 Å². The Hall–Kier alpha value is -0.300. The van der Waals surface area contributed by atoms with E-state index in [0.717, 1.165) is 5.92 Å². The number of halogens is 1. The Labute approximate surface area is 88.5 Å². The third kappa shape index (κ3) is 2.14. The Bertz CT molecular complexity index is 291. The molecule has 0 N–H and O–H groups in total. The average Bonchev–Trinajstić information content (AvgIpc) is 2.85. The summed E-state index contributed by atoms with van der Waals surface area (Å²) in [7, 11) is 0. The molecular formula is C12H14Br. The van der Waals surface area contributed by atoms with Gasteiger partial charge in [-0.25, -0.2) is 0 Å². The van der Waals surface area contributed by atoms with E-state index in [9.17, 15) is 0 Å². The molecule has 1 aliphatic carbocycles. The molecule has 0 spiro atoms. The highest BCUT2D eigenvalue weighted by Gasteiger charge is 2.24. The molecule has 0 amide bonds. The van der Waals surface area contributed by atoms with Gasteiger partial charge in [-0.3, -0.25) is 0 Å². The molecular weight excluding hydrogens is 224 g/mol. The molecule has 13 heavy (non-hydrogen) atoms. The predicted octanol–water partition coefficient (Wildman–Crippen LogP) is 4.29. The molecule has 0 atom stereocenters. The molecule has 1 aliphatic rings. The number of benzene rings is 1. The first kappa shape index (κ1) is 9.26. The SMILES string of the molecule is C[C](C)c1cc(Br)cc(C2CC2)c1. The second-order valence-electron chi connectivity index (χ2n) is 4.05. The van der Waals surface area contributed by atoms with E-state index < -0.39 is 0 Å². The molecule has 0 aromatic heterocycles. The van der Waals surface area contributed by atoms with Gasteiger partial charge in [-0.2, -0.15) is 0 Å². The summed E-state index contributed by atoms with van der Waals surface area (Å²) in [5.74, 6) is 2.24. The first-order valence-corrected chi connectivity index (χ1v) is 5.57. The van der Waals surface area contributed by atoms with Gasteiger partial charge in [-0.1, -0.05) is 35.8 Å². The molecule has 0 nitrogen and oxygen atoms in total. The third-order valence-electron chi connectivity index (χ3n) is 2.55. The summed E-state index contributed by atoms with van der Waals surface area (Å²) in [6, 6.07) is 6.78. The van der Waals surface area contributed by atoms with Crippen LogP contribution in [-0.4, -0.2) is 0 Å². The van der Waals surface area contributed by atoms with Gasteiger partial charge in [0.05, 0.1) is 0 Å². The summed E-state index contributed by atoms with van der Waals surface area (Å²) in [6.07, 6.45) is 2.75. The van der Waals surface area contributed by atoms with Crippen LogP contribution >= 0.6 is 15.9 Å². The van der Waals surface area contributed by atoms with Crippen molar-refractivity contribution in [3.8, 4) is 0 Å². The maximum absolute atomic E-state index is 3.56. The van der Waals surface area contributed by atoms with E-state index in [-0.39, 0.29) is 0 Å². The Morgan fingerprint density at radius 1 is 1.23 bits per heavy atom. The topological polar surface area (TPSA) is 0 Å². The average molecular weight is 238 g/mol. The van der Waals surface area contributed by atoms with Crippen LogP contribution in [0.2, 0.25) is 0 Å². The highest BCUT2D eigenvalue weighted by molar-refractivity contribution is 9.10. The molecule has 1 saturated carbocycles. The van der Waals surface area contributed by atoms with E-state index in [2.05, 4.69) is 48.0 Å². The molecule has 0 bridgehead atoms. The van der Waals surface area contributed by atoms with Crippen molar-refractivity contribution in [2.75, 3.05) is 0 Å². The fourth-order valence-corrected chi connectivity index (χ4v) is 2.06. The van der Waals surface area contributed by atoms with Gasteiger partial charge in [0, 0.05) is 4.47 Å². The van der Waals surface area contributed by atoms with E-state index >= 15 is 0 Å². The van der Waals surface area contributed by atoms with E-state index in [0.29, 0.717) is 0 Å². The lowest BCUT2D eigenvalue weighted by Gasteiger charge is -2.08. The van der Waals surface area contributed by atoms with Crippen molar-refractivity contribution in [1.29, 1.82) is 0 Å². The Morgan fingerprint density at radius 3 is 2.46 bits per heavy atom. The van der Waals surface area contributed by atoms with Crippen LogP contribution in [0.25, 0.3) is 0 Å². The maximum Gasteiger partial charge on any atom is 0.0181 e. The van der Waals surface area contributed by atoms with Crippen LogP contribution in [0.3, 0.4) is 0 Å². The molecule has 69 valence electrons. The van der Waals surface area contributed by atoms with Crippen molar-refractivity contribution in [2.24, 2.45) is 0 Å². The van der Waals surface area contributed by atoms with Crippen molar-refractivity contribution >= 4 is 15.9 Å². The molecule has 2 rings (SSSR count). The second-order valence-corrected chi connectivity index (χ2v) is 4.96. The van der Waals surface area contributed by atoms with Crippen LogP contribution in [0, 0.1) is 5.92 Å². The van der Waals surface area contributed by atoms with E-state index in [4.69, 9.17) is 0 Å². The number of rotatable bonds is 2. The molecule has 1 radical (unpaired) electrons. The van der Waals surface area contributed by atoms with Gasteiger partial charge in [0.15, 0.2) is 0 Å². The number of hydrogen-bond acceptors (Lipinski definition) is 0. The molecule has 1 aromatic carbocycles. The van der Waals surface area contributed by atoms with Crippen LogP contribution in [-0.2, 0) is 0 Å². The summed E-state index contributed by atoms with van der Waals surface area (Å²) in [4.78, 5) is 0. The van der Waals surface area contributed by atoms with E-state index in [1.807, 2.05) is 0 Å². The molecule has 1 heteroatoms. The quantitative estimate of drug-likeness (QED) is 0.721. The zero-order valence-electron chi connectivity index (χ0n) is 8.10. The van der Waals surface area contributed by atoms with Crippen LogP contribution in [0.1, 0.15) is 43.7 Å². The lowest BCUT2D eigenvalue weighted by Crippen LogP contribution is -1.90. The lowest BCUT2D eigenvalue weighted by molar-refractivity contribution is 1.08. The third-order valence-corrected chi connectivity index (χ3v) is 3.00. The van der Waals surface area contributed by atoms with Crippen molar-refractivity contribution in [2.45, 2.75) is 32.6 Å². The highest BCUT2D eigenvalue weighted by atomic mass is 79.9. The Kier molecular flexibility index (Phi) is 2.46. The van der Waals surface area contributed by atoms with Gasteiger partial charge in [0.25, 0.3) is 0 Å². The Balaban J connectivity index is 2.36. The zero-order valence-corrected chi connectivity index (χ0v) is 9.69. The second kappa shape index (κ2) is 3.45.